The molecule has 1 atom stereocenters. The first-order chi connectivity index (χ1) is 10.5. The predicted molar refractivity (Wildman–Crippen MR) is 108 cm³/mol. The number of nitrogens with two attached hydrogens (primary N) is 1. The van der Waals surface area contributed by atoms with E-state index in [9.17, 15) is 0 Å². The van der Waals surface area contributed by atoms with Crippen molar-refractivity contribution in [2.45, 2.75) is 51.8 Å². The van der Waals surface area contributed by atoms with Gasteiger partial charge in [0.2, 0.25) is 0 Å². The summed E-state index contributed by atoms with van der Waals surface area (Å²) in [5.41, 5.74) is 6.87. The fourth-order valence-corrected chi connectivity index (χ4v) is 2.28. The summed E-state index contributed by atoms with van der Waals surface area (Å²) in [4.78, 5) is 6.82. The molecule has 130 valence electrons. The van der Waals surface area contributed by atoms with E-state index >= 15 is 0 Å². The number of nitrogens with zero attached hydrogens (tertiary/aromatic N) is 2. The fraction of sp³-hybridized carbons (Fsp3) is 0.588. The second-order valence-corrected chi connectivity index (χ2v) is 6.29. The molecule has 0 bridgehead atoms. The number of guanidine groups is 1. The van der Waals surface area contributed by atoms with Crippen molar-refractivity contribution >= 4 is 35.6 Å². The number of hydrogen-bond acceptors (Lipinski definition) is 3. The van der Waals surface area contributed by atoms with Gasteiger partial charge in [0.15, 0.2) is 5.96 Å². The van der Waals surface area contributed by atoms with Crippen molar-refractivity contribution < 1.29 is 4.74 Å². The molecular weight excluding hydrogens is 403 g/mol. The third-order valence-corrected chi connectivity index (χ3v) is 3.84. The SMILES string of the molecule is CC(C)Oc1ccc(NC(N)=NCC(C)N(C)C2CC2)cc1.I. The van der Waals surface area contributed by atoms with Crippen LogP contribution in [-0.4, -0.2) is 42.6 Å². The van der Waals surface area contributed by atoms with Crippen molar-refractivity contribution in [3.05, 3.63) is 24.3 Å². The molecule has 3 N–H and O–H groups in total. The van der Waals surface area contributed by atoms with Crippen LogP contribution in [-0.2, 0) is 0 Å². The van der Waals surface area contributed by atoms with Gasteiger partial charge in [-0.15, -0.1) is 24.0 Å². The van der Waals surface area contributed by atoms with Crippen molar-refractivity contribution in [1.82, 2.24) is 4.90 Å². The Bertz CT molecular complexity index is 500. The Balaban J connectivity index is 0.00000264. The minimum absolute atomic E-state index is 0. The lowest BCUT2D eigenvalue weighted by Crippen LogP contribution is -2.34. The van der Waals surface area contributed by atoms with Crippen molar-refractivity contribution in [1.29, 1.82) is 0 Å². The van der Waals surface area contributed by atoms with Gasteiger partial charge in [-0.05, 0) is 64.9 Å². The third kappa shape index (κ3) is 6.95. The van der Waals surface area contributed by atoms with E-state index in [4.69, 9.17) is 10.5 Å². The predicted octanol–water partition coefficient (Wildman–Crippen LogP) is 3.30. The van der Waals surface area contributed by atoms with Crippen LogP contribution in [0.3, 0.4) is 0 Å². The van der Waals surface area contributed by atoms with Gasteiger partial charge in [-0.3, -0.25) is 9.89 Å². The van der Waals surface area contributed by atoms with Crippen LogP contribution in [0.4, 0.5) is 5.69 Å². The normalized spacial score (nSPS) is 16.2. The lowest BCUT2D eigenvalue weighted by Gasteiger charge is -2.22. The van der Waals surface area contributed by atoms with Crippen LogP contribution in [0, 0.1) is 0 Å². The van der Waals surface area contributed by atoms with E-state index < -0.39 is 0 Å². The average molecular weight is 432 g/mol. The summed E-state index contributed by atoms with van der Waals surface area (Å²) < 4.78 is 5.61. The Morgan fingerprint density at radius 1 is 1.30 bits per heavy atom. The van der Waals surface area contributed by atoms with E-state index in [2.05, 4.69) is 29.2 Å². The number of anilines is 1. The van der Waals surface area contributed by atoms with Crippen molar-refractivity contribution in [3.8, 4) is 5.75 Å². The molecule has 1 aromatic rings. The molecule has 1 fully saturated rings. The first-order valence-corrected chi connectivity index (χ1v) is 8.01. The van der Waals surface area contributed by atoms with E-state index in [1.54, 1.807) is 0 Å². The molecule has 5 nitrogen and oxygen atoms in total. The first-order valence-electron chi connectivity index (χ1n) is 8.01. The number of likely N-dealkylation sites (N-methyl/N-ethyl adjacent to an activating group) is 1. The van der Waals surface area contributed by atoms with Gasteiger partial charge >= 0.3 is 0 Å². The van der Waals surface area contributed by atoms with Crippen LogP contribution >= 0.6 is 24.0 Å². The summed E-state index contributed by atoms with van der Waals surface area (Å²) in [6.07, 6.45) is 2.79. The number of aliphatic imine (C=N–C) groups is 1. The van der Waals surface area contributed by atoms with Crippen LogP contribution in [0.1, 0.15) is 33.6 Å². The molecule has 1 aliphatic rings. The highest BCUT2D eigenvalue weighted by atomic mass is 127. The van der Waals surface area contributed by atoms with Gasteiger partial charge in [-0.1, -0.05) is 0 Å². The highest BCUT2D eigenvalue weighted by Gasteiger charge is 2.28. The summed E-state index contributed by atoms with van der Waals surface area (Å²) in [7, 11) is 2.16. The fourth-order valence-electron chi connectivity index (χ4n) is 2.28. The summed E-state index contributed by atoms with van der Waals surface area (Å²) >= 11 is 0. The maximum atomic E-state index is 5.95. The second kappa shape index (κ2) is 9.32. The first kappa shape index (κ1) is 20.0. The Kier molecular flexibility index (Phi) is 8.11. The van der Waals surface area contributed by atoms with Gasteiger partial charge in [-0.2, -0.15) is 0 Å². The molecule has 1 aliphatic carbocycles. The molecule has 1 aromatic carbocycles. The van der Waals surface area contributed by atoms with E-state index in [1.807, 2.05) is 38.1 Å². The molecule has 0 saturated heterocycles. The zero-order chi connectivity index (χ0) is 16.1. The molecule has 0 spiro atoms. The minimum atomic E-state index is 0. The molecule has 0 radical (unpaired) electrons. The number of halogens is 1. The molecule has 2 rings (SSSR count). The summed E-state index contributed by atoms with van der Waals surface area (Å²) in [5, 5.41) is 3.12. The summed E-state index contributed by atoms with van der Waals surface area (Å²) in [6, 6.07) is 8.90. The van der Waals surface area contributed by atoms with Crippen molar-refractivity contribution in [2.75, 3.05) is 18.9 Å². The standard InChI is InChI=1S/C17H28N4O.HI/c1-12(2)22-16-9-5-14(6-10-16)20-17(18)19-11-13(3)21(4)15-7-8-15;/h5-6,9-10,12-13,15H,7-8,11H2,1-4H3,(H3,18,19,20);1H. The maximum absolute atomic E-state index is 5.95. The molecule has 0 aromatic heterocycles. The zero-order valence-corrected chi connectivity index (χ0v) is 16.8. The topological polar surface area (TPSA) is 62.9 Å². The molecule has 1 saturated carbocycles. The van der Waals surface area contributed by atoms with E-state index in [1.165, 1.54) is 12.8 Å². The van der Waals surface area contributed by atoms with Crippen LogP contribution in [0.25, 0.3) is 0 Å². The quantitative estimate of drug-likeness (QED) is 0.394. The monoisotopic (exact) mass is 432 g/mol. The molecular formula is C17H29IN4O. The third-order valence-electron chi connectivity index (χ3n) is 3.84. The Morgan fingerprint density at radius 2 is 1.91 bits per heavy atom. The number of hydrogen-bond donors (Lipinski definition) is 2. The lowest BCUT2D eigenvalue weighted by molar-refractivity contribution is 0.242. The zero-order valence-electron chi connectivity index (χ0n) is 14.5. The van der Waals surface area contributed by atoms with Gasteiger partial charge in [0.05, 0.1) is 12.6 Å². The number of rotatable bonds is 7. The van der Waals surface area contributed by atoms with Crippen molar-refractivity contribution in [3.63, 3.8) is 0 Å². The van der Waals surface area contributed by atoms with Gasteiger partial charge < -0.3 is 15.8 Å². The number of nitrogens with one attached hydrogen (secondary N) is 1. The molecule has 23 heavy (non-hydrogen) atoms. The van der Waals surface area contributed by atoms with Gasteiger partial charge in [0.25, 0.3) is 0 Å². The van der Waals surface area contributed by atoms with Crippen LogP contribution in [0.15, 0.2) is 29.3 Å². The highest BCUT2D eigenvalue weighted by molar-refractivity contribution is 14.0. The van der Waals surface area contributed by atoms with E-state index in [0.29, 0.717) is 18.5 Å². The summed E-state index contributed by atoms with van der Waals surface area (Å²) in [5.74, 6) is 1.31. The molecule has 6 heteroatoms. The summed E-state index contributed by atoms with van der Waals surface area (Å²) in [6.45, 7) is 6.92. The van der Waals surface area contributed by atoms with Crippen molar-refractivity contribution in [2.24, 2.45) is 10.7 Å². The largest absolute Gasteiger partial charge is 0.491 e. The Labute approximate surface area is 156 Å². The molecule has 0 amide bonds. The number of ether oxygens (including phenoxy) is 1. The average Bonchev–Trinajstić information content (AvgIpc) is 3.30. The Morgan fingerprint density at radius 3 is 2.43 bits per heavy atom. The lowest BCUT2D eigenvalue weighted by atomic mass is 10.3. The van der Waals surface area contributed by atoms with Crippen LogP contribution in [0.2, 0.25) is 0 Å². The Hall–Kier alpha value is -1.02. The van der Waals surface area contributed by atoms with Crippen LogP contribution in [0.5, 0.6) is 5.75 Å². The van der Waals surface area contributed by atoms with Gasteiger partial charge in [0, 0.05) is 17.8 Å². The van der Waals surface area contributed by atoms with E-state index in [0.717, 1.165) is 17.5 Å². The second-order valence-electron chi connectivity index (χ2n) is 6.29. The molecule has 0 heterocycles. The maximum Gasteiger partial charge on any atom is 0.193 e. The highest BCUT2D eigenvalue weighted by Crippen LogP contribution is 2.26. The number of benzene rings is 1. The van der Waals surface area contributed by atoms with E-state index in [-0.39, 0.29) is 30.1 Å². The molecule has 1 unspecified atom stereocenters. The van der Waals surface area contributed by atoms with Gasteiger partial charge in [0.1, 0.15) is 5.75 Å². The van der Waals surface area contributed by atoms with Crippen LogP contribution < -0.4 is 15.8 Å². The minimum Gasteiger partial charge on any atom is -0.491 e. The van der Waals surface area contributed by atoms with Gasteiger partial charge in [-0.25, -0.2) is 0 Å². The smallest absolute Gasteiger partial charge is 0.193 e. The molecule has 0 aliphatic heterocycles.